The van der Waals surface area contributed by atoms with E-state index in [4.69, 9.17) is 0 Å². The number of likely N-dealkylation sites (N-methyl/N-ethyl adjacent to an activating group) is 1. The molecule has 0 saturated carbocycles. The number of sulfonamides is 2. The molecule has 222 valence electrons. The van der Waals surface area contributed by atoms with Gasteiger partial charge in [0, 0.05) is 56.2 Å². The fourth-order valence-corrected chi connectivity index (χ4v) is 7.80. The monoisotopic (exact) mass is 630 g/mol. The second-order valence-corrected chi connectivity index (χ2v) is 14.2. The first-order valence-corrected chi connectivity index (χ1v) is 15.7. The van der Waals surface area contributed by atoms with E-state index in [-0.39, 0.29) is 46.4 Å². The molecule has 41 heavy (non-hydrogen) atoms. The Morgan fingerprint density at radius 1 is 1.02 bits per heavy atom. The molecule has 2 atom stereocenters. The normalized spacial score (nSPS) is 18.8. The van der Waals surface area contributed by atoms with Crippen molar-refractivity contribution in [1.82, 2.24) is 13.6 Å². The highest BCUT2D eigenvalue weighted by molar-refractivity contribution is 7.90. The zero-order valence-corrected chi connectivity index (χ0v) is 24.6. The SMILES string of the molecule is CN(C[C@H]1CN(S(=O)(=O)c2ccccc2S)CCN1c1ccc([C@](C)(O)C(F)(F)F)cc1)S(=O)(=O)c1cccnc1. The number of halogens is 3. The van der Waals surface area contributed by atoms with Gasteiger partial charge in [-0.1, -0.05) is 24.3 Å². The lowest BCUT2D eigenvalue weighted by Crippen LogP contribution is -2.58. The molecule has 4 rings (SSSR count). The lowest BCUT2D eigenvalue weighted by Gasteiger charge is -2.43. The van der Waals surface area contributed by atoms with Crippen molar-refractivity contribution in [1.29, 1.82) is 0 Å². The zero-order chi connectivity index (χ0) is 30.2. The van der Waals surface area contributed by atoms with Gasteiger partial charge in [0.25, 0.3) is 0 Å². The Balaban J connectivity index is 1.68. The summed E-state index contributed by atoms with van der Waals surface area (Å²) in [6.07, 6.45) is -2.26. The van der Waals surface area contributed by atoms with E-state index in [9.17, 15) is 35.1 Å². The minimum absolute atomic E-state index is 0.00519. The molecule has 1 aromatic heterocycles. The van der Waals surface area contributed by atoms with Crippen LogP contribution in [0.4, 0.5) is 18.9 Å². The number of piperazine rings is 1. The van der Waals surface area contributed by atoms with Gasteiger partial charge in [0.1, 0.15) is 4.90 Å². The summed E-state index contributed by atoms with van der Waals surface area (Å²) >= 11 is 4.28. The predicted octanol–water partition coefficient (Wildman–Crippen LogP) is 3.34. The van der Waals surface area contributed by atoms with E-state index in [0.29, 0.717) is 12.6 Å². The number of anilines is 1. The molecule has 1 aliphatic heterocycles. The molecule has 3 aromatic rings. The van der Waals surface area contributed by atoms with Gasteiger partial charge in [-0.3, -0.25) is 4.98 Å². The molecule has 1 aliphatic rings. The van der Waals surface area contributed by atoms with E-state index in [0.717, 1.165) is 16.4 Å². The van der Waals surface area contributed by atoms with E-state index in [1.54, 1.807) is 23.1 Å². The second-order valence-electron chi connectivity index (χ2n) is 9.77. The molecule has 0 spiro atoms. The first kappa shape index (κ1) is 31.3. The standard InChI is InChI=1S/C26H29F3N4O5S3/c1-25(34,26(27,28)29)19-9-11-20(12-10-19)33-15-14-32(41(37,38)24-8-4-3-7-23(24)39)18-21(33)17-31(2)40(35,36)22-6-5-13-30-16-22/h3-13,16,21,34,39H,14-15,17-18H2,1-2H3/t21-,25-/m0/s1. The number of aromatic nitrogens is 1. The van der Waals surface area contributed by atoms with Crippen LogP contribution in [-0.4, -0.2) is 81.0 Å². The maximum absolute atomic E-state index is 13.5. The van der Waals surface area contributed by atoms with Crippen LogP contribution in [0.25, 0.3) is 0 Å². The van der Waals surface area contributed by atoms with Crippen molar-refractivity contribution in [3.8, 4) is 0 Å². The fraction of sp³-hybridized carbons (Fsp3) is 0.346. The average molecular weight is 631 g/mol. The van der Waals surface area contributed by atoms with Crippen molar-refractivity contribution in [2.24, 2.45) is 0 Å². The highest BCUT2D eigenvalue weighted by Gasteiger charge is 2.51. The minimum atomic E-state index is -4.90. The van der Waals surface area contributed by atoms with Crippen LogP contribution in [0.2, 0.25) is 0 Å². The Labute approximate surface area is 242 Å². The Morgan fingerprint density at radius 3 is 2.27 bits per heavy atom. The molecule has 0 unspecified atom stereocenters. The first-order valence-electron chi connectivity index (χ1n) is 12.4. The Bertz CT molecular complexity index is 1590. The molecule has 1 fully saturated rings. The van der Waals surface area contributed by atoms with Crippen LogP contribution in [0.5, 0.6) is 0 Å². The fourth-order valence-electron chi connectivity index (χ4n) is 4.57. The van der Waals surface area contributed by atoms with Crippen LogP contribution in [0.15, 0.2) is 87.7 Å². The summed E-state index contributed by atoms with van der Waals surface area (Å²) < 4.78 is 96.0. The lowest BCUT2D eigenvalue weighted by atomic mass is 9.95. The summed E-state index contributed by atoms with van der Waals surface area (Å²) in [4.78, 5) is 5.83. The van der Waals surface area contributed by atoms with Crippen LogP contribution in [0.3, 0.4) is 0 Å². The zero-order valence-electron chi connectivity index (χ0n) is 22.1. The van der Waals surface area contributed by atoms with Gasteiger partial charge in [-0.15, -0.1) is 12.6 Å². The third-order valence-corrected chi connectivity index (χ3v) is 11.3. The van der Waals surface area contributed by atoms with E-state index in [2.05, 4.69) is 17.6 Å². The van der Waals surface area contributed by atoms with Crippen molar-refractivity contribution >= 4 is 38.4 Å². The van der Waals surface area contributed by atoms with Crippen LogP contribution in [-0.2, 0) is 25.6 Å². The predicted molar refractivity (Wildman–Crippen MR) is 150 cm³/mol. The van der Waals surface area contributed by atoms with E-state index in [1.807, 2.05) is 0 Å². The van der Waals surface area contributed by atoms with Crippen LogP contribution >= 0.6 is 12.6 Å². The Morgan fingerprint density at radius 2 is 1.68 bits per heavy atom. The summed E-state index contributed by atoms with van der Waals surface area (Å²) in [6, 6.07) is 13.4. The van der Waals surface area contributed by atoms with Crippen molar-refractivity contribution < 1.29 is 35.1 Å². The highest BCUT2D eigenvalue weighted by atomic mass is 32.2. The summed E-state index contributed by atoms with van der Waals surface area (Å²) in [5, 5.41) is 10.1. The maximum Gasteiger partial charge on any atom is 0.421 e. The molecule has 1 N–H and O–H groups in total. The van der Waals surface area contributed by atoms with Gasteiger partial charge in [0.2, 0.25) is 20.0 Å². The largest absolute Gasteiger partial charge is 0.421 e. The van der Waals surface area contributed by atoms with Crippen LogP contribution < -0.4 is 4.90 Å². The summed E-state index contributed by atoms with van der Waals surface area (Å²) in [7, 11) is -6.63. The van der Waals surface area contributed by atoms with Crippen molar-refractivity contribution in [2.75, 3.05) is 38.1 Å². The van der Waals surface area contributed by atoms with Crippen LogP contribution in [0, 0.1) is 0 Å². The quantitative estimate of drug-likeness (QED) is 0.368. The number of alkyl halides is 3. The van der Waals surface area contributed by atoms with Gasteiger partial charge in [0.05, 0.1) is 10.9 Å². The summed E-state index contributed by atoms with van der Waals surface area (Å²) in [5.41, 5.74) is -3.00. The van der Waals surface area contributed by atoms with Crippen LogP contribution in [0.1, 0.15) is 12.5 Å². The number of hydrogen-bond acceptors (Lipinski definition) is 8. The van der Waals surface area contributed by atoms with Gasteiger partial charge >= 0.3 is 6.18 Å². The molecule has 9 nitrogen and oxygen atoms in total. The molecule has 0 aliphatic carbocycles. The van der Waals surface area contributed by atoms with Gasteiger partial charge in [0.15, 0.2) is 5.60 Å². The average Bonchev–Trinajstić information content (AvgIpc) is 2.93. The van der Waals surface area contributed by atoms with E-state index < -0.39 is 37.9 Å². The summed E-state index contributed by atoms with van der Waals surface area (Å²) in [5.74, 6) is 0. The molecule has 2 aromatic carbocycles. The van der Waals surface area contributed by atoms with Crippen molar-refractivity contribution in [2.45, 2.75) is 39.4 Å². The first-order chi connectivity index (χ1) is 19.1. The van der Waals surface area contributed by atoms with E-state index >= 15 is 0 Å². The molecular weight excluding hydrogens is 602 g/mol. The minimum Gasteiger partial charge on any atom is -0.376 e. The number of hydrogen-bond donors (Lipinski definition) is 2. The molecule has 2 heterocycles. The number of thiol groups is 1. The molecule has 0 amide bonds. The Hall–Kier alpha value is -2.69. The highest BCUT2D eigenvalue weighted by Crippen LogP contribution is 2.39. The van der Waals surface area contributed by atoms with Gasteiger partial charge in [-0.25, -0.2) is 16.8 Å². The van der Waals surface area contributed by atoms with Gasteiger partial charge in [-0.05, 0) is 48.9 Å². The number of pyridine rings is 1. The second kappa shape index (κ2) is 11.5. The molecule has 0 radical (unpaired) electrons. The van der Waals surface area contributed by atoms with Gasteiger partial charge in [-0.2, -0.15) is 21.8 Å². The Kier molecular flexibility index (Phi) is 8.79. The number of benzene rings is 2. The van der Waals surface area contributed by atoms with Crippen molar-refractivity contribution in [3.63, 3.8) is 0 Å². The van der Waals surface area contributed by atoms with Gasteiger partial charge < -0.3 is 10.0 Å². The molecule has 1 saturated heterocycles. The molecule has 15 heteroatoms. The number of rotatable bonds is 8. The number of nitrogens with zero attached hydrogens (tertiary/aromatic N) is 4. The summed E-state index contributed by atoms with van der Waals surface area (Å²) in [6.45, 7) is 0.551. The third kappa shape index (κ3) is 6.24. The lowest BCUT2D eigenvalue weighted by molar-refractivity contribution is -0.258. The molecular formula is C26H29F3N4O5S3. The third-order valence-electron chi connectivity index (χ3n) is 7.05. The molecule has 0 bridgehead atoms. The smallest absolute Gasteiger partial charge is 0.376 e. The maximum atomic E-state index is 13.5. The van der Waals surface area contributed by atoms with Crippen molar-refractivity contribution in [3.05, 3.63) is 78.6 Å². The topological polar surface area (TPSA) is 111 Å². The van der Waals surface area contributed by atoms with E-state index in [1.165, 1.54) is 54.1 Å². The number of aliphatic hydroxyl groups is 1.